The summed E-state index contributed by atoms with van der Waals surface area (Å²) >= 11 is 4.91. The van der Waals surface area contributed by atoms with Gasteiger partial charge in [0.25, 0.3) is 0 Å². The fourth-order valence-electron chi connectivity index (χ4n) is 0. The molecule has 0 saturated carbocycles. The molecular weight excluding hydrogens is 94.4 g/mol. The Morgan fingerprint density at radius 1 is 2.00 bits per heavy atom. The Morgan fingerprint density at radius 2 is 2.25 bits per heavy atom. The number of halogens is 1. The first-order chi connectivity index (χ1) is 1.91. The van der Waals surface area contributed by atoms with Gasteiger partial charge in [-0.25, -0.2) is 0 Å². The summed E-state index contributed by atoms with van der Waals surface area (Å²) in [6.45, 7) is 0. The van der Waals surface area contributed by atoms with Gasteiger partial charge in [-0.3, -0.25) is 0 Å². The van der Waals surface area contributed by atoms with Gasteiger partial charge in [-0.05, 0) is 0 Å². The average Bonchev–Trinajstić information content (AvgIpc) is 1.37. The highest BCUT2D eigenvalue weighted by Crippen LogP contribution is 1.90. The molecule has 1 nitrogen and oxygen atoms in total. The lowest BCUT2D eigenvalue weighted by Gasteiger charge is -1.51. The molecule has 0 rings (SSSR count). The molecule has 0 aliphatic heterocycles. The summed E-state index contributed by atoms with van der Waals surface area (Å²) in [5, 5.41) is 0. The van der Waals surface area contributed by atoms with E-state index in [-0.39, 0.29) is 0 Å². The SMILES string of the molecule is O=[PH2]CCl. The van der Waals surface area contributed by atoms with E-state index in [2.05, 4.69) is 0 Å². The molecule has 0 bridgehead atoms. The quantitative estimate of drug-likeness (QED) is 0.352. The molecule has 3 heteroatoms. The molecule has 4 heavy (non-hydrogen) atoms. The highest BCUT2D eigenvalue weighted by molar-refractivity contribution is 7.26. The summed E-state index contributed by atoms with van der Waals surface area (Å²) in [5.41, 5.74) is 0.319. The van der Waals surface area contributed by atoms with E-state index in [0.29, 0.717) is 5.62 Å². The zero-order valence-electron chi connectivity index (χ0n) is 2.07. The van der Waals surface area contributed by atoms with Crippen LogP contribution < -0.4 is 0 Å². The second-order valence-corrected chi connectivity index (χ2v) is 1.89. The van der Waals surface area contributed by atoms with Crippen molar-refractivity contribution < 1.29 is 4.57 Å². The van der Waals surface area contributed by atoms with E-state index in [0.717, 1.165) is 0 Å². The smallest absolute Gasteiger partial charge is 0.0786 e. The maximum Gasteiger partial charge on any atom is 0.0786 e. The van der Waals surface area contributed by atoms with Crippen LogP contribution in [0.25, 0.3) is 0 Å². The summed E-state index contributed by atoms with van der Waals surface area (Å²) in [4.78, 5) is 0. The zero-order valence-corrected chi connectivity index (χ0v) is 3.98. The van der Waals surface area contributed by atoms with Crippen molar-refractivity contribution >= 4 is 20.1 Å². The minimum atomic E-state index is -0.702. The van der Waals surface area contributed by atoms with Crippen LogP contribution in [-0.4, -0.2) is 5.62 Å². The number of hydrogen-bond acceptors (Lipinski definition) is 1. The van der Waals surface area contributed by atoms with Gasteiger partial charge in [-0.15, -0.1) is 11.6 Å². The van der Waals surface area contributed by atoms with Crippen molar-refractivity contribution in [2.75, 3.05) is 5.62 Å². The maximum absolute atomic E-state index is 9.25. The third kappa shape index (κ3) is 2.52. The Hall–Kier alpha value is 0.520. The van der Waals surface area contributed by atoms with Gasteiger partial charge in [0.2, 0.25) is 0 Å². The Balaban J connectivity index is 2.30. The van der Waals surface area contributed by atoms with Gasteiger partial charge in [0, 0.05) is 0 Å². The van der Waals surface area contributed by atoms with Crippen LogP contribution in [0.3, 0.4) is 0 Å². The molecule has 26 valence electrons. The van der Waals surface area contributed by atoms with Crippen LogP contribution in [0.1, 0.15) is 0 Å². The fraction of sp³-hybridized carbons (Fsp3) is 1.00. The van der Waals surface area contributed by atoms with E-state index >= 15 is 0 Å². The third-order valence-electron chi connectivity index (χ3n) is 0.0630. The van der Waals surface area contributed by atoms with E-state index in [9.17, 15) is 4.57 Å². The summed E-state index contributed by atoms with van der Waals surface area (Å²) in [7, 11) is -0.702. The van der Waals surface area contributed by atoms with Gasteiger partial charge in [0.15, 0.2) is 0 Å². The summed E-state index contributed by atoms with van der Waals surface area (Å²) in [5.74, 6) is 0. The second-order valence-electron chi connectivity index (χ2n) is 0.321. The number of rotatable bonds is 1. The first-order valence-electron chi connectivity index (χ1n) is 0.911. The molecule has 0 aliphatic carbocycles. The van der Waals surface area contributed by atoms with Crippen LogP contribution in [0.4, 0.5) is 0 Å². The molecule has 0 fully saturated rings. The Labute approximate surface area is 31.2 Å². The topological polar surface area (TPSA) is 17.1 Å². The number of hydrogen-bond donors (Lipinski definition) is 0. The molecule has 0 aromatic heterocycles. The first-order valence-corrected chi connectivity index (χ1v) is 2.73. The second kappa shape index (κ2) is 3.52. The molecule has 0 spiro atoms. The summed E-state index contributed by atoms with van der Waals surface area (Å²) < 4.78 is 9.25. The van der Waals surface area contributed by atoms with E-state index in [1.165, 1.54) is 0 Å². The number of alkyl halides is 1. The van der Waals surface area contributed by atoms with Crippen LogP contribution in [-0.2, 0) is 4.57 Å². The van der Waals surface area contributed by atoms with E-state index in [4.69, 9.17) is 11.6 Å². The molecule has 0 aromatic carbocycles. The van der Waals surface area contributed by atoms with Gasteiger partial charge in [0.05, 0.1) is 14.1 Å². The van der Waals surface area contributed by atoms with E-state index in [1.54, 1.807) is 0 Å². The molecule has 0 amide bonds. The molecular formula is CH4ClOP. The normalized spacial score (nSPS) is 10.2. The molecule has 0 N–H and O–H groups in total. The van der Waals surface area contributed by atoms with Gasteiger partial charge >= 0.3 is 0 Å². The molecule has 0 aromatic rings. The largest absolute Gasteiger partial charge is 0.329 e. The van der Waals surface area contributed by atoms with Crippen LogP contribution >= 0.6 is 20.1 Å². The molecule has 0 radical (unpaired) electrons. The highest BCUT2D eigenvalue weighted by Gasteiger charge is 1.53. The Kier molecular flexibility index (Phi) is 3.98. The predicted octanol–water partition coefficient (Wildman–Crippen LogP) is 0.939. The Bertz CT molecular complexity index is 22.0. The standard InChI is InChI=1S/CH4ClOP/c2-1-4-3/h1,4H2. The predicted molar refractivity (Wildman–Crippen MR) is 21.1 cm³/mol. The average molecular weight is 98.5 g/mol. The lowest BCUT2D eigenvalue weighted by Crippen LogP contribution is -1.29. The Morgan fingerprint density at radius 3 is 2.25 bits per heavy atom. The molecule has 1 unspecified atom stereocenters. The van der Waals surface area contributed by atoms with Gasteiger partial charge in [-0.1, -0.05) is 0 Å². The van der Waals surface area contributed by atoms with Gasteiger partial charge < -0.3 is 4.57 Å². The monoisotopic (exact) mass is 98.0 g/mol. The van der Waals surface area contributed by atoms with Crippen LogP contribution in [0.5, 0.6) is 0 Å². The van der Waals surface area contributed by atoms with Crippen molar-refractivity contribution in [1.82, 2.24) is 0 Å². The molecule has 0 aliphatic rings. The minimum absolute atomic E-state index is 0.319. The van der Waals surface area contributed by atoms with Crippen molar-refractivity contribution in [3.05, 3.63) is 0 Å². The molecule has 0 saturated heterocycles. The summed E-state index contributed by atoms with van der Waals surface area (Å²) in [6, 6.07) is 0. The van der Waals surface area contributed by atoms with Crippen molar-refractivity contribution in [2.45, 2.75) is 0 Å². The van der Waals surface area contributed by atoms with Gasteiger partial charge in [-0.2, -0.15) is 0 Å². The summed E-state index contributed by atoms with van der Waals surface area (Å²) in [6.07, 6.45) is 0. The lowest BCUT2D eigenvalue weighted by molar-refractivity contribution is 0.601. The zero-order chi connectivity index (χ0) is 3.41. The first kappa shape index (κ1) is 4.52. The van der Waals surface area contributed by atoms with Crippen LogP contribution in [0, 0.1) is 0 Å². The van der Waals surface area contributed by atoms with Crippen molar-refractivity contribution in [2.24, 2.45) is 0 Å². The molecule has 0 heterocycles. The van der Waals surface area contributed by atoms with E-state index in [1.807, 2.05) is 0 Å². The van der Waals surface area contributed by atoms with Crippen molar-refractivity contribution in [3.63, 3.8) is 0 Å². The minimum Gasteiger partial charge on any atom is -0.329 e. The fourth-order valence-corrected chi connectivity index (χ4v) is 0. The lowest BCUT2D eigenvalue weighted by atomic mass is 11.9. The third-order valence-corrected chi connectivity index (χ3v) is 0.567. The highest BCUT2D eigenvalue weighted by atomic mass is 35.5. The van der Waals surface area contributed by atoms with Crippen LogP contribution in [0.2, 0.25) is 0 Å². The van der Waals surface area contributed by atoms with Crippen molar-refractivity contribution in [1.29, 1.82) is 0 Å². The van der Waals surface area contributed by atoms with Crippen molar-refractivity contribution in [3.8, 4) is 0 Å². The van der Waals surface area contributed by atoms with Crippen LogP contribution in [0.15, 0.2) is 0 Å². The molecule has 1 atom stereocenters. The van der Waals surface area contributed by atoms with E-state index < -0.39 is 8.46 Å². The van der Waals surface area contributed by atoms with Gasteiger partial charge in [0.1, 0.15) is 0 Å². The maximum atomic E-state index is 9.25.